The summed E-state index contributed by atoms with van der Waals surface area (Å²) in [5.74, 6) is -12.4. The minimum atomic E-state index is -1.76. The van der Waals surface area contributed by atoms with E-state index in [4.69, 9.17) is 11.5 Å². The molecule has 32 heteroatoms. The number of hydrogen-bond donors (Lipinski definition) is 12. The number of nitrogens with zero attached hydrogens (tertiary/aromatic N) is 5. The maximum Gasteiger partial charge on any atom is 0.326 e. The first kappa shape index (κ1) is 84.4. The zero-order valence-electron chi connectivity index (χ0n) is 60.0. The van der Waals surface area contributed by atoms with Gasteiger partial charge in [-0.05, 0) is 93.6 Å². The molecule has 570 valence electrons. The molecule has 0 aliphatic carbocycles. The summed E-state index contributed by atoms with van der Waals surface area (Å²) < 4.78 is 0. The number of benzene rings is 2. The summed E-state index contributed by atoms with van der Waals surface area (Å²) in [5, 5.41) is 47.7. The molecule has 14 N–H and O–H groups in total. The molecular weight excluding hydrogens is 1350 g/mol. The van der Waals surface area contributed by atoms with Crippen LogP contribution < -0.4 is 48.7 Å². The first-order chi connectivity index (χ1) is 49.5. The smallest absolute Gasteiger partial charge is 0.326 e. The number of carbonyl (C=O) groups is 15. The molecule has 2 aromatic rings. The fraction of sp³-hybridized carbons (Fsp3) is 0.583. The number of hydrogen-bond acceptors (Lipinski definition) is 16. The number of unbranched alkanes of at least 4 members (excludes halogenated alkanes) is 1. The van der Waals surface area contributed by atoms with E-state index in [1.54, 1.807) is 44.2 Å². The van der Waals surface area contributed by atoms with Crippen molar-refractivity contribution in [1.29, 1.82) is 0 Å². The zero-order chi connectivity index (χ0) is 76.6. The summed E-state index contributed by atoms with van der Waals surface area (Å²) >= 11 is 0. The number of Topliss-reactive ketones (excluding diaryl/α,β-unsaturated/α-hetero) is 1. The van der Waals surface area contributed by atoms with E-state index in [0.29, 0.717) is 56.9 Å². The number of rotatable bonds is 43. The maximum atomic E-state index is 14.6. The van der Waals surface area contributed by atoms with Crippen molar-refractivity contribution in [3.8, 4) is 0 Å². The molecule has 11 amide bonds. The molecule has 1 unspecified atom stereocenters. The number of aliphatic imine (C=N–C) groups is 1. The molecular formula is C72H104N14O18. The fourth-order valence-electron chi connectivity index (χ4n) is 12.8. The van der Waals surface area contributed by atoms with E-state index in [1.165, 1.54) is 38.7 Å². The minimum Gasteiger partial charge on any atom is -0.481 e. The van der Waals surface area contributed by atoms with Gasteiger partial charge in [0.15, 0.2) is 11.7 Å². The highest BCUT2D eigenvalue weighted by molar-refractivity contribution is 5.99. The molecule has 3 aliphatic rings. The molecule has 2 aromatic carbocycles. The Morgan fingerprint density at radius 2 is 1.12 bits per heavy atom. The monoisotopic (exact) mass is 1450 g/mol. The summed E-state index contributed by atoms with van der Waals surface area (Å²) in [6.45, 7) is 8.83. The maximum absolute atomic E-state index is 14.6. The van der Waals surface area contributed by atoms with Gasteiger partial charge < -0.3 is 83.6 Å². The molecule has 0 aromatic heterocycles. The van der Waals surface area contributed by atoms with Crippen molar-refractivity contribution in [3.63, 3.8) is 0 Å². The van der Waals surface area contributed by atoms with E-state index in [2.05, 4.69) is 42.2 Å². The highest BCUT2D eigenvalue weighted by atomic mass is 16.4. The Bertz CT molecular complexity index is 3390. The van der Waals surface area contributed by atoms with Crippen LogP contribution in [0, 0.1) is 11.8 Å². The van der Waals surface area contributed by atoms with Crippen LogP contribution in [-0.2, 0) is 84.8 Å². The number of nitrogens with two attached hydrogens (primary N) is 2. The van der Waals surface area contributed by atoms with Gasteiger partial charge in [-0.3, -0.25) is 72.1 Å². The van der Waals surface area contributed by atoms with Gasteiger partial charge in [0.1, 0.15) is 54.4 Å². The van der Waals surface area contributed by atoms with E-state index >= 15 is 0 Å². The number of guanidine groups is 1. The van der Waals surface area contributed by atoms with Gasteiger partial charge in [-0.25, -0.2) is 4.79 Å². The molecule has 3 fully saturated rings. The van der Waals surface area contributed by atoms with Crippen molar-refractivity contribution in [2.75, 3.05) is 45.8 Å². The zero-order valence-corrected chi connectivity index (χ0v) is 60.0. The number of ketones is 1. The molecule has 0 bridgehead atoms. The Balaban J connectivity index is 1.16. The molecule has 0 radical (unpaired) electrons. The second-order valence-corrected chi connectivity index (χ2v) is 27.0. The molecule has 0 spiro atoms. The molecule has 3 saturated heterocycles. The standard InChI is InChI=1S/C72H104N14O18/c1-6-45(4)62(70(102)85-37-18-26-55(85)65(97)81-54(71(103)104)39-44(2)3)82-66(98)56-27-17-36-84(56)67(99)50(31-32-60(91)92)79-63(95)51(40-47-21-9-7-10-22-47)80-64(96)52(42-61(93)94)78-59(90)30-15-16-33-75-58(89)29-14-13-25-49(88)43-83(35-20-34-76-72(73)74)69(101)57-28-19-38-86(57)68(100)53(77-46(5)87)41-48-23-11-8-12-24-48/h7-12,15-16,21-24,44-45,50-57,62H,6,13-14,17-20,25-43H2,1-5H3,(H,75,89)(H,77,87)(H,78,90)(H,79,95)(H,80,96)(H,81,97)(H,82,98)(H,91,92)(H,93,94)(H,103,104)(H4,73,74,76)/b16-15+/t45?,50-,51-,52-,53+,54-,55-,56-,57-,62-/m0/s1. The molecule has 3 heterocycles. The second kappa shape index (κ2) is 43.0. The highest BCUT2D eigenvalue weighted by Gasteiger charge is 2.45. The third-order valence-corrected chi connectivity index (χ3v) is 18.3. The summed E-state index contributed by atoms with van der Waals surface area (Å²) in [5.41, 5.74) is 12.3. The summed E-state index contributed by atoms with van der Waals surface area (Å²) in [6, 6.07) is 6.04. The van der Waals surface area contributed by atoms with Gasteiger partial charge in [-0.15, -0.1) is 0 Å². The first-order valence-corrected chi connectivity index (χ1v) is 35.7. The van der Waals surface area contributed by atoms with E-state index in [-0.39, 0.29) is 114 Å². The predicted molar refractivity (Wildman–Crippen MR) is 380 cm³/mol. The van der Waals surface area contributed by atoms with Gasteiger partial charge >= 0.3 is 17.9 Å². The van der Waals surface area contributed by atoms with Crippen molar-refractivity contribution in [3.05, 3.63) is 83.9 Å². The summed E-state index contributed by atoms with van der Waals surface area (Å²) in [7, 11) is 0. The molecule has 3 aliphatic heterocycles. The summed E-state index contributed by atoms with van der Waals surface area (Å²) in [4.78, 5) is 211. The number of carboxylic acids is 3. The lowest BCUT2D eigenvalue weighted by Gasteiger charge is -2.34. The fourth-order valence-corrected chi connectivity index (χ4v) is 12.8. The lowest BCUT2D eigenvalue weighted by molar-refractivity contribution is -0.146. The van der Waals surface area contributed by atoms with E-state index in [9.17, 15) is 87.2 Å². The average molecular weight is 1450 g/mol. The lowest BCUT2D eigenvalue weighted by atomic mass is 9.96. The number of likely N-dealkylation sites (tertiary alicyclic amines) is 3. The van der Waals surface area contributed by atoms with Gasteiger partial charge in [0.05, 0.1) is 13.0 Å². The third kappa shape index (κ3) is 27.8. The molecule has 10 atom stereocenters. The minimum absolute atomic E-state index is 0.0151. The third-order valence-electron chi connectivity index (χ3n) is 18.3. The second-order valence-electron chi connectivity index (χ2n) is 27.0. The van der Waals surface area contributed by atoms with Crippen LogP contribution in [0.5, 0.6) is 0 Å². The first-order valence-electron chi connectivity index (χ1n) is 35.7. The van der Waals surface area contributed by atoms with Crippen LogP contribution in [0.2, 0.25) is 0 Å². The van der Waals surface area contributed by atoms with Gasteiger partial charge in [0.2, 0.25) is 65.0 Å². The van der Waals surface area contributed by atoms with Gasteiger partial charge in [0, 0.05) is 84.7 Å². The Morgan fingerprint density at radius 1 is 0.587 bits per heavy atom. The average Bonchev–Trinajstić information content (AvgIpc) is 1.82. The molecule has 104 heavy (non-hydrogen) atoms. The highest BCUT2D eigenvalue weighted by Crippen LogP contribution is 2.26. The SMILES string of the molecule is CCC(C)[C@H](NC(=O)[C@@H]1CCCN1C(=O)[C@H](CCC(=O)O)NC(=O)[C@H](Cc1ccccc1)NC(=O)[C@H](CC(=O)O)NC(=O)C/C=C/CNC(=O)CCCCC(=O)CN(CCCN=C(N)N)C(=O)[C@@H]1CCCN1C(=O)[C@@H](Cc1ccccc1)NC(C)=O)C(=O)N1CCC[C@H]1C(=O)N[C@@H](CC(C)C)C(=O)O. The quantitative estimate of drug-likeness (QED) is 0.0187. The number of carboxylic acid groups (broad SMARTS) is 3. The normalized spacial score (nSPS) is 17.6. The number of carbonyl (C=O) groups excluding carboxylic acids is 12. The molecule has 32 nitrogen and oxygen atoms in total. The molecule has 5 rings (SSSR count). The van der Waals surface area contributed by atoms with E-state index < -0.39 is 163 Å². The Hall–Kier alpha value is -10.3. The van der Waals surface area contributed by atoms with Crippen LogP contribution in [0.4, 0.5) is 0 Å². The predicted octanol–water partition coefficient (Wildman–Crippen LogP) is 0.574. The van der Waals surface area contributed by atoms with Crippen molar-refractivity contribution >= 4 is 94.6 Å². The Morgan fingerprint density at radius 3 is 1.68 bits per heavy atom. The van der Waals surface area contributed by atoms with Crippen molar-refractivity contribution in [1.82, 2.24) is 56.8 Å². The Labute approximate surface area is 605 Å². The molecule has 0 saturated carbocycles. The van der Waals surface area contributed by atoms with Crippen LogP contribution >= 0.6 is 0 Å². The van der Waals surface area contributed by atoms with Crippen LogP contribution in [0.3, 0.4) is 0 Å². The van der Waals surface area contributed by atoms with Gasteiger partial charge in [0.25, 0.3) is 0 Å². The van der Waals surface area contributed by atoms with E-state index in [0.717, 1.165) is 5.56 Å². The van der Waals surface area contributed by atoms with Crippen molar-refractivity contribution in [2.45, 2.75) is 211 Å². The summed E-state index contributed by atoms with van der Waals surface area (Å²) in [6.07, 6.45) is 3.75. The van der Waals surface area contributed by atoms with Crippen molar-refractivity contribution in [2.24, 2.45) is 28.3 Å². The van der Waals surface area contributed by atoms with Gasteiger partial charge in [-0.2, -0.15) is 0 Å². The van der Waals surface area contributed by atoms with E-state index in [1.807, 2.05) is 44.2 Å². The Kier molecular flexibility index (Phi) is 34.8. The van der Waals surface area contributed by atoms with Crippen LogP contribution in [0.25, 0.3) is 0 Å². The topological polar surface area (TPSA) is 478 Å². The number of nitrogens with one attached hydrogen (secondary N) is 7. The van der Waals surface area contributed by atoms with Crippen LogP contribution in [0.15, 0.2) is 77.8 Å². The van der Waals surface area contributed by atoms with Crippen LogP contribution in [0.1, 0.15) is 155 Å². The lowest BCUT2D eigenvalue weighted by Crippen LogP contribution is -2.60. The van der Waals surface area contributed by atoms with Crippen molar-refractivity contribution < 1.29 is 87.2 Å². The number of amides is 11. The number of aliphatic carboxylic acids is 3. The van der Waals surface area contributed by atoms with Gasteiger partial charge in [-0.1, -0.05) is 107 Å². The largest absolute Gasteiger partial charge is 0.481 e. The van der Waals surface area contributed by atoms with Crippen LogP contribution in [-0.4, -0.2) is 230 Å².